The van der Waals surface area contributed by atoms with E-state index in [9.17, 15) is 14.4 Å². The Labute approximate surface area is 146 Å². The standard InChI is InChI=1S/C13H19N3O.C4H4O4/c1-15-7-9-16(10-8-15)11-13(17)14-12-5-3-2-4-6-12;5-3(6)1-2-4(7)8/h2-6H,7-11H2,1H3,(H,14,17);1-2H,(H,5,6)(H,7,8)/b;2-1-. The number of amides is 1. The molecule has 1 fully saturated rings. The Morgan fingerprint density at radius 2 is 1.52 bits per heavy atom. The average molecular weight is 349 g/mol. The van der Waals surface area contributed by atoms with E-state index in [1.807, 2.05) is 30.3 Å². The molecular weight excluding hydrogens is 326 g/mol. The van der Waals surface area contributed by atoms with Gasteiger partial charge in [-0.15, -0.1) is 0 Å². The maximum absolute atomic E-state index is 11.8. The van der Waals surface area contributed by atoms with E-state index in [0.717, 1.165) is 31.9 Å². The van der Waals surface area contributed by atoms with E-state index < -0.39 is 11.9 Å². The number of nitrogens with one attached hydrogen (secondary N) is 1. The summed E-state index contributed by atoms with van der Waals surface area (Å²) < 4.78 is 0. The third-order valence-corrected chi connectivity index (χ3v) is 3.39. The predicted octanol–water partition coefficient (Wildman–Crippen LogP) is 0.584. The fourth-order valence-corrected chi connectivity index (χ4v) is 2.07. The Kier molecular flexibility index (Phi) is 8.91. The molecule has 1 aliphatic rings. The lowest BCUT2D eigenvalue weighted by atomic mass is 10.3. The van der Waals surface area contributed by atoms with E-state index in [4.69, 9.17) is 10.2 Å². The minimum Gasteiger partial charge on any atom is -0.478 e. The minimum atomic E-state index is -1.26. The van der Waals surface area contributed by atoms with Gasteiger partial charge in [-0.1, -0.05) is 18.2 Å². The highest BCUT2D eigenvalue weighted by Gasteiger charge is 2.16. The number of carboxylic acid groups (broad SMARTS) is 2. The second-order valence-corrected chi connectivity index (χ2v) is 5.50. The van der Waals surface area contributed by atoms with Crippen molar-refractivity contribution in [3.05, 3.63) is 42.5 Å². The fourth-order valence-electron chi connectivity index (χ4n) is 2.07. The van der Waals surface area contributed by atoms with Gasteiger partial charge in [0, 0.05) is 44.0 Å². The lowest BCUT2D eigenvalue weighted by molar-refractivity contribution is -0.134. The summed E-state index contributed by atoms with van der Waals surface area (Å²) in [5.74, 6) is -2.44. The van der Waals surface area contributed by atoms with Crippen LogP contribution in [0.5, 0.6) is 0 Å². The second-order valence-electron chi connectivity index (χ2n) is 5.50. The summed E-state index contributed by atoms with van der Waals surface area (Å²) in [5.41, 5.74) is 0.867. The van der Waals surface area contributed by atoms with Gasteiger partial charge in [0.05, 0.1) is 6.54 Å². The Morgan fingerprint density at radius 3 is 2.00 bits per heavy atom. The number of piperazine rings is 1. The first-order chi connectivity index (χ1) is 11.9. The molecule has 0 aromatic heterocycles. The lowest BCUT2D eigenvalue weighted by Crippen LogP contribution is -2.47. The third-order valence-electron chi connectivity index (χ3n) is 3.39. The number of carbonyl (C=O) groups is 3. The van der Waals surface area contributed by atoms with Crippen molar-refractivity contribution in [2.75, 3.05) is 45.1 Å². The number of carboxylic acids is 2. The summed E-state index contributed by atoms with van der Waals surface area (Å²) >= 11 is 0. The zero-order valence-electron chi connectivity index (χ0n) is 14.1. The van der Waals surface area contributed by atoms with Gasteiger partial charge in [-0.25, -0.2) is 9.59 Å². The molecule has 136 valence electrons. The monoisotopic (exact) mass is 349 g/mol. The van der Waals surface area contributed by atoms with Gasteiger partial charge in [-0.2, -0.15) is 0 Å². The maximum atomic E-state index is 11.8. The van der Waals surface area contributed by atoms with Crippen LogP contribution in [0, 0.1) is 0 Å². The summed E-state index contributed by atoms with van der Waals surface area (Å²) in [6.07, 6.45) is 1.12. The highest BCUT2D eigenvalue weighted by molar-refractivity contribution is 5.92. The Hall–Kier alpha value is -2.71. The molecule has 1 aromatic rings. The molecule has 1 amide bonds. The molecule has 8 heteroatoms. The van der Waals surface area contributed by atoms with Crippen LogP contribution in [-0.2, 0) is 14.4 Å². The van der Waals surface area contributed by atoms with Crippen LogP contribution in [0.2, 0.25) is 0 Å². The van der Waals surface area contributed by atoms with Gasteiger partial charge >= 0.3 is 11.9 Å². The number of hydrogen-bond acceptors (Lipinski definition) is 5. The number of hydrogen-bond donors (Lipinski definition) is 3. The lowest BCUT2D eigenvalue weighted by Gasteiger charge is -2.31. The van der Waals surface area contributed by atoms with Gasteiger partial charge in [-0.05, 0) is 19.2 Å². The normalized spacial score (nSPS) is 15.2. The molecule has 25 heavy (non-hydrogen) atoms. The van der Waals surface area contributed by atoms with Crippen LogP contribution in [0.15, 0.2) is 42.5 Å². The molecule has 0 aliphatic carbocycles. The van der Waals surface area contributed by atoms with E-state index in [1.165, 1.54) is 0 Å². The SMILES string of the molecule is CN1CCN(CC(=O)Nc2ccccc2)CC1.O=C(O)/C=C\C(=O)O. The van der Waals surface area contributed by atoms with Crippen molar-refractivity contribution in [2.45, 2.75) is 0 Å². The number of benzene rings is 1. The number of anilines is 1. The predicted molar refractivity (Wildman–Crippen MR) is 93.4 cm³/mol. The number of para-hydroxylation sites is 1. The Morgan fingerprint density at radius 1 is 1.00 bits per heavy atom. The van der Waals surface area contributed by atoms with Gasteiger partial charge in [0.25, 0.3) is 0 Å². The van der Waals surface area contributed by atoms with Crippen LogP contribution in [0.1, 0.15) is 0 Å². The van der Waals surface area contributed by atoms with Crippen molar-refractivity contribution in [2.24, 2.45) is 0 Å². The van der Waals surface area contributed by atoms with Gasteiger partial charge < -0.3 is 20.4 Å². The third kappa shape index (κ3) is 9.90. The molecule has 1 aliphatic heterocycles. The quantitative estimate of drug-likeness (QED) is 0.667. The summed E-state index contributed by atoms with van der Waals surface area (Å²) in [7, 11) is 2.11. The van der Waals surface area contributed by atoms with E-state index in [2.05, 4.69) is 22.2 Å². The molecule has 0 bridgehead atoms. The van der Waals surface area contributed by atoms with Crippen LogP contribution in [0.3, 0.4) is 0 Å². The van der Waals surface area contributed by atoms with Crippen LogP contribution in [-0.4, -0.2) is 77.6 Å². The minimum absolute atomic E-state index is 0.0701. The number of nitrogens with zero attached hydrogens (tertiary/aromatic N) is 2. The highest BCUT2D eigenvalue weighted by Crippen LogP contribution is 2.05. The first-order valence-electron chi connectivity index (χ1n) is 7.76. The van der Waals surface area contributed by atoms with Crippen molar-refractivity contribution in [1.82, 2.24) is 9.80 Å². The van der Waals surface area contributed by atoms with E-state index >= 15 is 0 Å². The average Bonchev–Trinajstić information content (AvgIpc) is 2.56. The molecule has 0 spiro atoms. The van der Waals surface area contributed by atoms with Crippen molar-refractivity contribution in [3.63, 3.8) is 0 Å². The van der Waals surface area contributed by atoms with Crippen molar-refractivity contribution >= 4 is 23.5 Å². The van der Waals surface area contributed by atoms with Crippen molar-refractivity contribution in [3.8, 4) is 0 Å². The summed E-state index contributed by atoms with van der Waals surface area (Å²) in [4.78, 5) is 35.4. The maximum Gasteiger partial charge on any atom is 0.328 e. The number of likely N-dealkylation sites (N-methyl/N-ethyl adjacent to an activating group) is 1. The van der Waals surface area contributed by atoms with E-state index in [0.29, 0.717) is 18.7 Å². The van der Waals surface area contributed by atoms with Gasteiger partial charge in [0.15, 0.2) is 0 Å². The summed E-state index contributed by atoms with van der Waals surface area (Å²) in [6.45, 7) is 4.51. The summed E-state index contributed by atoms with van der Waals surface area (Å²) in [5, 5.41) is 18.5. The van der Waals surface area contributed by atoms with E-state index in [-0.39, 0.29) is 5.91 Å². The largest absolute Gasteiger partial charge is 0.478 e. The molecule has 1 aromatic carbocycles. The van der Waals surface area contributed by atoms with Crippen LogP contribution in [0.25, 0.3) is 0 Å². The molecule has 2 rings (SSSR count). The Bertz CT molecular complexity index is 580. The second kappa shape index (κ2) is 11.0. The molecule has 1 saturated heterocycles. The number of carbonyl (C=O) groups excluding carboxylic acids is 1. The van der Waals surface area contributed by atoms with Crippen LogP contribution >= 0.6 is 0 Å². The number of rotatable bonds is 5. The van der Waals surface area contributed by atoms with Crippen LogP contribution in [0.4, 0.5) is 5.69 Å². The first kappa shape index (κ1) is 20.3. The number of aliphatic carboxylic acids is 2. The highest BCUT2D eigenvalue weighted by atomic mass is 16.4. The van der Waals surface area contributed by atoms with Crippen molar-refractivity contribution in [1.29, 1.82) is 0 Å². The zero-order valence-corrected chi connectivity index (χ0v) is 14.1. The molecular formula is C17H23N3O5. The molecule has 0 unspecified atom stereocenters. The van der Waals surface area contributed by atoms with E-state index in [1.54, 1.807) is 0 Å². The zero-order chi connectivity index (χ0) is 18.7. The Balaban J connectivity index is 0.000000333. The topological polar surface area (TPSA) is 110 Å². The molecule has 0 atom stereocenters. The molecule has 0 saturated carbocycles. The molecule has 8 nitrogen and oxygen atoms in total. The van der Waals surface area contributed by atoms with Gasteiger partial charge in [0.1, 0.15) is 0 Å². The molecule has 1 heterocycles. The smallest absolute Gasteiger partial charge is 0.328 e. The fraction of sp³-hybridized carbons (Fsp3) is 0.353. The first-order valence-corrected chi connectivity index (χ1v) is 7.76. The van der Waals surface area contributed by atoms with Crippen molar-refractivity contribution < 1.29 is 24.6 Å². The van der Waals surface area contributed by atoms with Crippen LogP contribution < -0.4 is 5.32 Å². The molecule has 0 radical (unpaired) electrons. The van der Waals surface area contributed by atoms with Gasteiger partial charge in [-0.3, -0.25) is 9.69 Å². The van der Waals surface area contributed by atoms with Gasteiger partial charge in [0.2, 0.25) is 5.91 Å². The molecule has 3 N–H and O–H groups in total. The summed E-state index contributed by atoms with van der Waals surface area (Å²) in [6, 6.07) is 9.59.